The van der Waals surface area contributed by atoms with Crippen molar-refractivity contribution in [3.8, 4) is 0 Å². The Balaban J connectivity index is 5.19. The fourth-order valence-corrected chi connectivity index (χ4v) is 2.16. The number of likely N-dealkylation sites (N-methyl/N-ethyl adjacent to an activating group) is 1. The van der Waals surface area contributed by atoms with Gasteiger partial charge in [-0.15, -0.1) is 0 Å². The molecule has 0 bridgehead atoms. The second kappa shape index (κ2) is 12.0. The molecule has 0 aromatic heterocycles. The molecule has 0 fully saturated rings. The van der Waals surface area contributed by atoms with Gasteiger partial charge in [-0.05, 0) is 51.8 Å². The first-order valence-corrected chi connectivity index (χ1v) is 7.96. The molecular formula is C18H32FN3. The number of hydrogen-bond donors (Lipinski definition) is 1. The minimum absolute atomic E-state index is 0.266. The molecule has 4 heteroatoms. The van der Waals surface area contributed by atoms with Crippen LogP contribution in [-0.2, 0) is 0 Å². The highest BCUT2D eigenvalue weighted by Gasteiger charge is 2.17. The summed E-state index contributed by atoms with van der Waals surface area (Å²) in [6.07, 6.45) is 11.4. The summed E-state index contributed by atoms with van der Waals surface area (Å²) in [6, 6.07) is 0.268. The van der Waals surface area contributed by atoms with E-state index in [0.717, 1.165) is 17.8 Å². The number of nitrogens with one attached hydrogen (secondary N) is 1. The molecule has 0 aliphatic carbocycles. The maximum absolute atomic E-state index is 12.6. The normalized spacial score (nSPS) is 16.3. The van der Waals surface area contributed by atoms with Crippen molar-refractivity contribution in [2.45, 2.75) is 46.6 Å². The molecule has 0 radical (unpaired) electrons. The van der Waals surface area contributed by atoms with Crippen LogP contribution in [0.1, 0.15) is 40.5 Å². The van der Waals surface area contributed by atoms with Crippen LogP contribution < -0.4 is 5.32 Å². The van der Waals surface area contributed by atoms with E-state index >= 15 is 0 Å². The molecule has 126 valence electrons. The molecule has 0 heterocycles. The van der Waals surface area contributed by atoms with Gasteiger partial charge in [0.25, 0.3) is 0 Å². The zero-order valence-corrected chi connectivity index (χ0v) is 14.9. The van der Waals surface area contributed by atoms with Gasteiger partial charge in [-0.2, -0.15) is 0 Å². The lowest BCUT2D eigenvalue weighted by molar-refractivity contribution is 0.230. The van der Waals surface area contributed by atoms with E-state index in [1.54, 1.807) is 6.21 Å². The lowest BCUT2D eigenvalue weighted by atomic mass is 9.98. The quantitative estimate of drug-likeness (QED) is 0.481. The lowest BCUT2D eigenvalue weighted by Crippen LogP contribution is -2.33. The highest BCUT2D eigenvalue weighted by atomic mass is 19.1. The third-order valence-corrected chi connectivity index (χ3v) is 3.84. The standard InChI is InChI=1S/C18H32FN3/c1-7-21-16(3)14-18(10-8-9-13-20-5)22(6)17(4)15(2)11-12-19/h7,9-10,13-15,17,20H,8,11-12H2,1-6H3/b13-9+,16-14+,18-10+,21-7?. The van der Waals surface area contributed by atoms with Crippen LogP contribution in [-0.4, -0.2) is 37.9 Å². The van der Waals surface area contributed by atoms with E-state index < -0.39 is 0 Å². The molecule has 0 aliphatic heterocycles. The third-order valence-electron chi connectivity index (χ3n) is 3.84. The van der Waals surface area contributed by atoms with Gasteiger partial charge in [-0.3, -0.25) is 9.38 Å². The van der Waals surface area contributed by atoms with Crippen molar-refractivity contribution < 1.29 is 4.39 Å². The first-order valence-electron chi connectivity index (χ1n) is 7.96. The molecule has 0 saturated carbocycles. The maximum atomic E-state index is 12.6. The summed E-state index contributed by atoms with van der Waals surface area (Å²) < 4.78 is 12.6. The predicted molar refractivity (Wildman–Crippen MR) is 95.8 cm³/mol. The van der Waals surface area contributed by atoms with Crippen LogP contribution in [0.15, 0.2) is 40.8 Å². The van der Waals surface area contributed by atoms with Crippen molar-refractivity contribution in [1.29, 1.82) is 0 Å². The summed E-state index contributed by atoms with van der Waals surface area (Å²) in [5.41, 5.74) is 2.07. The van der Waals surface area contributed by atoms with E-state index in [1.807, 2.05) is 27.1 Å². The Morgan fingerprint density at radius 3 is 2.59 bits per heavy atom. The summed E-state index contributed by atoms with van der Waals surface area (Å²) >= 11 is 0. The molecule has 0 aromatic carbocycles. The molecule has 0 aliphatic rings. The summed E-state index contributed by atoms with van der Waals surface area (Å²) in [4.78, 5) is 6.52. The Labute approximate surface area is 135 Å². The van der Waals surface area contributed by atoms with Crippen LogP contribution in [0.2, 0.25) is 0 Å². The molecule has 0 aromatic rings. The van der Waals surface area contributed by atoms with Crippen molar-refractivity contribution >= 4 is 6.21 Å². The van der Waals surface area contributed by atoms with Crippen molar-refractivity contribution in [2.24, 2.45) is 10.9 Å². The van der Waals surface area contributed by atoms with Gasteiger partial charge < -0.3 is 10.2 Å². The summed E-state index contributed by atoms with van der Waals surface area (Å²) in [7, 11) is 3.94. The molecule has 0 rings (SSSR count). The van der Waals surface area contributed by atoms with Gasteiger partial charge in [-0.25, -0.2) is 0 Å². The van der Waals surface area contributed by atoms with Gasteiger partial charge in [0.2, 0.25) is 0 Å². The fraction of sp³-hybridized carbons (Fsp3) is 0.611. The van der Waals surface area contributed by atoms with Gasteiger partial charge in [0.1, 0.15) is 0 Å². The number of nitrogens with zero attached hydrogens (tertiary/aromatic N) is 2. The van der Waals surface area contributed by atoms with E-state index in [0.29, 0.717) is 12.3 Å². The fourth-order valence-electron chi connectivity index (χ4n) is 2.16. The molecule has 1 N–H and O–H groups in total. The summed E-state index contributed by atoms with van der Waals surface area (Å²) in [5.74, 6) is 0.301. The zero-order valence-electron chi connectivity index (χ0n) is 14.9. The number of aliphatic imine (C=N–C) groups is 1. The van der Waals surface area contributed by atoms with Crippen LogP contribution in [0.3, 0.4) is 0 Å². The summed E-state index contributed by atoms with van der Waals surface area (Å²) in [5, 5.41) is 2.99. The average molecular weight is 309 g/mol. The zero-order chi connectivity index (χ0) is 17.0. The number of halogens is 1. The van der Waals surface area contributed by atoms with Crippen LogP contribution in [0.4, 0.5) is 4.39 Å². The van der Waals surface area contributed by atoms with Crippen LogP contribution in [0, 0.1) is 5.92 Å². The Bertz CT molecular complexity index is 411. The monoisotopic (exact) mass is 309 g/mol. The highest BCUT2D eigenvalue weighted by Crippen LogP contribution is 2.20. The SMILES string of the molecule is CC=N/C(C)=C/C(=C\C/C=C/NC)N(C)C(C)C(C)CCF. The largest absolute Gasteiger partial charge is 0.394 e. The van der Waals surface area contributed by atoms with Gasteiger partial charge in [0, 0.05) is 37.7 Å². The first kappa shape index (κ1) is 20.4. The van der Waals surface area contributed by atoms with E-state index in [2.05, 4.69) is 54.3 Å². The van der Waals surface area contributed by atoms with Crippen molar-refractivity contribution in [1.82, 2.24) is 10.2 Å². The third kappa shape index (κ3) is 8.01. The van der Waals surface area contributed by atoms with Crippen LogP contribution in [0.5, 0.6) is 0 Å². The van der Waals surface area contributed by atoms with E-state index in [9.17, 15) is 4.39 Å². The number of rotatable bonds is 10. The topological polar surface area (TPSA) is 27.6 Å². The number of hydrogen-bond acceptors (Lipinski definition) is 3. The molecule has 0 spiro atoms. The molecule has 0 amide bonds. The predicted octanol–water partition coefficient (Wildman–Crippen LogP) is 4.30. The van der Waals surface area contributed by atoms with Gasteiger partial charge >= 0.3 is 0 Å². The lowest BCUT2D eigenvalue weighted by Gasteiger charge is -2.32. The first-order chi connectivity index (χ1) is 10.5. The molecule has 2 atom stereocenters. The number of alkyl halides is 1. The summed E-state index contributed by atoms with van der Waals surface area (Å²) in [6.45, 7) is 7.87. The second-order valence-electron chi connectivity index (χ2n) is 5.54. The van der Waals surface area contributed by atoms with Crippen LogP contribution >= 0.6 is 0 Å². The van der Waals surface area contributed by atoms with Gasteiger partial charge in [0.05, 0.1) is 6.67 Å². The Kier molecular flexibility index (Phi) is 11.2. The number of allylic oxidation sites excluding steroid dienone is 4. The molecule has 2 unspecified atom stereocenters. The van der Waals surface area contributed by atoms with Crippen molar-refractivity contribution in [3.05, 3.63) is 35.8 Å². The van der Waals surface area contributed by atoms with E-state index in [4.69, 9.17) is 0 Å². The van der Waals surface area contributed by atoms with E-state index in [-0.39, 0.29) is 12.7 Å². The minimum atomic E-state index is -0.266. The van der Waals surface area contributed by atoms with Gasteiger partial charge in [0.15, 0.2) is 0 Å². The maximum Gasteiger partial charge on any atom is 0.0897 e. The Hall–Kier alpha value is -1.58. The van der Waals surface area contributed by atoms with Crippen molar-refractivity contribution in [2.75, 3.05) is 20.8 Å². The van der Waals surface area contributed by atoms with Gasteiger partial charge in [-0.1, -0.05) is 19.1 Å². The van der Waals surface area contributed by atoms with Crippen LogP contribution in [0.25, 0.3) is 0 Å². The molecular weight excluding hydrogens is 277 g/mol. The Morgan fingerprint density at radius 1 is 1.36 bits per heavy atom. The second-order valence-corrected chi connectivity index (χ2v) is 5.54. The molecule has 22 heavy (non-hydrogen) atoms. The molecule has 3 nitrogen and oxygen atoms in total. The minimum Gasteiger partial charge on any atom is -0.394 e. The van der Waals surface area contributed by atoms with E-state index in [1.165, 1.54) is 0 Å². The molecule has 0 saturated heterocycles. The highest BCUT2D eigenvalue weighted by molar-refractivity contribution is 5.55. The van der Waals surface area contributed by atoms with Crippen molar-refractivity contribution in [3.63, 3.8) is 0 Å². The Morgan fingerprint density at radius 2 is 2.05 bits per heavy atom. The average Bonchev–Trinajstić information content (AvgIpc) is 2.49. The smallest absolute Gasteiger partial charge is 0.0897 e.